The van der Waals surface area contributed by atoms with Crippen LogP contribution in [0.1, 0.15) is 55.5 Å². The molecule has 3 rings (SSSR count). The highest BCUT2D eigenvalue weighted by molar-refractivity contribution is 7.15. The van der Waals surface area contributed by atoms with E-state index >= 15 is 0 Å². The van der Waals surface area contributed by atoms with E-state index in [1.54, 1.807) is 21.0 Å². The molecule has 2 aromatic carbocycles. The third kappa shape index (κ3) is 10.3. The summed E-state index contributed by atoms with van der Waals surface area (Å²) in [5.41, 5.74) is -2.20. The van der Waals surface area contributed by atoms with Crippen molar-refractivity contribution in [1.82, 2.24) is 15.5 Å². The number of esters is 2. The van der Waals surface area contributed by atoms with E-state index in [4.69, 9.17) is 25.8 Å². The molecular weight excluding hydrogens is 659 g/mol. The number of anilines is 1. The molecule has 0 saturated heterocycles. The molecule has 0 bridgehead atoms. The van der Waals surface area contributed by atoms with E-state index in [-0.39, 0.29) is 34.6 Å². The van der Waals surface area contributed by atoms with Crippen LogP contribution in [-0.4, -0.2) is 59.9 Å². The van der Waals surface area contributed by atoms with Crippen LogP contribution in [0.15, 0.2) is 36.4 Å². The van der Waals surface area contributed by atoms with Crippen molar-refractivity contribution in [1.29, 1.82) is 0 Å². The summed E-state index contributed by atoms with van der Waals surface area (Å²) in [6.45, 7) is 9.01. The molecular formula is C28H31ClF3N5O8S. The predicted molar refractivity (Wildman–Crippen MR) is 163 cm³/mol. The van der Waals surface area contributed by atoms with Gasteiger partial charge in [-0.15, -0.1) is 10.2 Å². The second kappa shape index (κ2) is 15.7. The zero-order chi connectivity index (χ0) is 35.0. The van der Waals surface area contributed by atoms with E-state index in [0.29, 0.717) is 11.2 Å². The summed E-state index contributed by atoms with van der Waals surface area (Å²) < 4.78 is 53.2. The Morgan fingerprint density at radius 3 is 2.28 bits per heavy atom. The molecule has 1 N–H and O–H groups in total. The highest BCUT2D eigenvalue weighted by Crippen LogP contribution is 2.37. The molecule has 0 spiro atoms. The van der Waals surface area contributed by atoms with Gasteiger partial charge in [0.15, 0.2) is 6.10 Å². The smallest absolute Gasteiger partial charge is 0.416 e. The maximum absolute atomic E-state index is 12.8. The third-order valence-corrected chi connectivity index (χ3v) is 7.36. The van der Waals surface area contributed by atoms with Crippen molar-refractivity contribution in [2.45, 2.75) is 52.3 Å². The van der Waals surface area contributed by atoms with Gasteiger partial charge in [0.1, 0.15) is 22.1 Å². The first-order valence-corrected chi connectivity index (χ1v) is 14.5. The standard InChI is InChI=1S/C19H15ClF3NO7.C9H16N4OS/c1-3-29-17(25)10(2)30-18(26)13-9-12(5-6-15(13)24(27)28)31-16-7-4-11(8-14(16)20)19(21,22)23;1-9(2,3)6-11-12-8(15-6)13(5)7(14)10-4/h4-10H,3H2,1-2H3;1-5H3,(H,10,14). The monoisotopic (exact) mass is 689 g/mol. The fourth-order valence-electron chi connectivity index (χ4n) is 3.23. The number of carbonyl (C=O) groups excluding carboxylic acids is 3. The van der Waals surface area contributed by atoms with Gasteiger partial charge in [-0.1, -0.05) is 43.7 Å². The number of nitrogens with zero attached hydrogens (tertiary/aromatic N) is 4. The lowest BCUT2D eigenvalue weighted by Gasteiger charge is -2.13. The number of alkyl halides is 3. The number of aromatic nitrogens is 2. The topological polar surface area (TPSA) is 163 Å². The van der Waals surface area contributed by atoms with E-state index in [9.17, 15) is 37.7 Å². The van der Waals surface area contributed by atoms with Crippen molar-refractivity contribution in [3.05, 3.63) is 67.7 Å². The molecule has 18 heteroatoms. The Kier molecular flexibility index (Phi) is 12.8. The molecule has 0 fully saturated rings. The molecule has 46 heavy (non-hydrogen) atoms. The number of nitro groups is 1. The summed E-state index contributed by atoms with van der Waals surface area (Å²) in [7, 11) is 3.26. The lowest BCUT2D eigenvalue weighted by molar-refractivity contribution is -0.385. The fraction of sp³-hybridized carbons (Fsp3) is 0.393. The molecule has 3 aromatic rings. The summed E-state index contributed by atoms with van der Waals surface area (Å²) in [6.07, 6.45) is -5.94. The molecule has 2 amide bonds. The molecule has 0 aliphatic carbocycles. The SMILES string of the molecule is CCOC(=O)C(C)OC(=O)c1cc(Oc2ccc(C(F)(F)F)cc2Cl)ccc1[N+](=O)[O-].CNC(=O)N(C)c1nnc(C(C)(C)C)s1. The zero-order valence-electron chi connectivity index (χ0n) is 25.7. The van der Waals surface area contributed by atoms with E-state index in [0.717, 1.165) is 35.3 Å². The number of halogens is 4. The Balaban J connectivity index is 0.000000410. The average molecular weight is 690 g/mol. The Morgan fingerprint density at radius 2 is 1.78 bits per heavy atom. The maximum atomic E-state index is 12.8. The number of ether oxygens (including phenoxy) is 3. The van der Waals surface area contributed by atoms with E-state index < -0.39 is 46.0 Å². The van der Waals surface area contributed by atoms with Gasteiger partial charge in [-0.25, -0.2) is 14.4 Å². The van der Waals surface area contributed by atoms with E-state index in [1.165, 1.54) is 23.2 Å². The van der Waals surface area contributed by atoms with Gasteiger partial charge in [0.25, 0.3) is 5.69 Å². The zero-order valence-corrected chi connectivity index (χ0v) is 27.3. The van der Waals surface area contributed by atoms with E-state index in [1.807, 2.05) is 0 Å². The highest BCUT2D eigenvalue weighted by atomic mass is 35.5. The van der Waals surface area contributed by atoms with Crippen LogP contribution in [0.5, 0.6) is 11.5 Å². The predicted octanol–water partition coefficient (Wildman–Crippen LogP) is 6.78. The second-order valence-electron chi connectivity index (χ2n) is 10.2. The van der Waals surface area contributed by atoms with Crippen molar-refractivity contribution < 1.29 is 46.7 Å². The molecule has 0 aliphatic rings. The van der Waals surface area contributed by atoms with Crippen LogP contribution in [0, 0.1) is 10.1 Å². The number of hydrogen-bond acceptors (Lipinski definition) is 11. The van der Waals surface area contributed by atoms with Gasteiger partial charge in [0, 0.05) is 31.6 Å². The number of nitrogens with one attached hydrogen (secondary N) is 1. The lowest BCUT2D eigenvalue weighted by Crippen LogP contribution is -2.34. The number of urea groups is 1. The summed E-state index contributed by atoms with van der Waals surface area (Å²) in [5.74, 6) is -2.36. The van der Waals surface area contributed by atoms with Crippen LogP contribution in [0.3, 0.4) is 0 Å². The Hall–Kier alpha value is -4.51. The van der Waals surface area contributed by atoms with Gasteiger partial charge in [0.05, 0.1) is 22.1 Å². The number of amides is 2. The molecule has 13 nitrogen and oxygen atoms in total. The summed E-state index contributed by atoms with van der Waals surface area (Å²) in [5, 5.41) is 23.0. The van der Waals surface area contributed by atoms with Gasteiger partial charge in [-0.3, -0.25) is 15.0 Å². The molecule has 0 radical (unpaired) electrons. The minimum absolute atomic E-state index is 0.0283. The minimum atomic E-state index is -4.61. The first-order valence-electron chi connectivity index (χ1n) is 13.3. The van der Waals surface area contributed by atoms with Crippen molar-refractivity contribution in [2.24, 2.45) is 0 Å². The van der Waals surface area contributed by atoms with Gasteiger partial charge in [-0.2, -0.15) is 13.2 Å². The molecule has 0 saturated carbocycles. The summed E-state index contributed by atoms with van der Waals surface area (Å²) >= 11 is 7.26. The number of rotatable bonds is 8. The Bertz CT molecular complexity index is 1580. The van der Waals surface area contributed by atoms with Crippen molar-refractivity contribution in [3.63, 3.8) is 0 Å². The maximum Gasteiger partial charge on any atom is 0.416 e. The average Bonchev–Trinajstić information content (AvgIpc) is 3.48. The fourth-order valence-corrected chi connectivity index (χ4v) is 4.31. The van der Waals surface area contributed by atoms with Gasteiger partial charge >= 0.3 is 24.1 Å². The molecule has 0 aliphatic heterocycles. The first-order chi connectivity index (χ1) is 21.3. The van der Waals surface area contributed by atoms with Crippen molar-refractivity contribution >= 4 is 51.7 Å². The van der Waals surface area contributed by atoms with E-state index in [2.05, 4.69) is 36.3 Å². The summed E-state index contributed by atoms with van der Waals surface area (Å²) in [6, 6.07) is 5.18. The minimum Gasteiger partial charge on any atom is -0.463 e. The van der Waals surface area contributed by atoms with Gasteiger partial charge < -0.3 is 19.5 Å². The molecule has 1 atom stereocenters. The van der Waals surface area contributed by atoms with Crippen LogP contribution >= 0.6 is 22.9 Å². The van der Waals surface area contributed by atoms with Gasteiger partial charge in [0.2, 0.25) is 5.13 Å². The highest BCUT2D eigenvalue weighted by Gasteiger charge is 2.31. The molecule has 250 valence electrons. The number of carbonyl (C=O) groups is 3. The van der Waals surface area contributed by atoms with Crippen molar-refractivity contribution in [2.75, 3.05) is 25.6 Å². The second-order valence-corrected chi connectivity index (χ2v) is 11.6. The van der Waals surface area contributed by atoms with Crippen LogP contribution in [0.4, 0.5) is 28.8 Å². The summed E-state index contributed by atoms with van der Waals surface area (Å²) in [4.78, 5) is 47.2. The third-order valence-electron chi connectivity index (χ3n) is 5.64. The van der Waals surface area contributed by atoms with Crippen LogP contribution in [0.25, 0.3) is 0 Å². The number of hydrogen-bond donors (Lipinski definition) is 1. The normalized spacial score (nSPS) is 11.8. The first kappa shape index (κ1) is 37.7. The Morgan fingerprint density at radius 1 is 1.13 bits per heavy atom. The quantitative estimate of drug-likeness (QED) is 0.152. The van der Waals surface area contributed by atoms with Crippen LogP contribution in [0.2, 0.25) is 5.02 Å². The van der Waals surface area contributed by atoms with Crippen molar-refractivity contribution in [3.8, 4) is 11.5 Å². The number of nitro benzene ring substituents is 1. The van der Waals surface area contributed by atoms with Gasteiger partial charge in [-0.05, 0) is 38.1 Å². The van der Waals surface area contributed by atoms with Crippen LogP contribution < -0.4 is 15.0 Å². The number of benzene rings is 2. The molecule has 1 unspecified atom stereocenters. The molecule has 1 aromatic heterocycles. The van der Waals surface area contributed by atoms with Crippen LogP contribution in [-0.2, 0) is 25.9 Å². The lowest BCUT2D eigenvalue weighted by atomic mass is 9.98. The largest absolute Gasteiger partial charge is 0.463 e. The molecule has 1 heterocycles. The Labute approximate surface area is 270 Å².